The number of nitrogens with two attached hydrogens (primary N) is 1. The standard InChI is InChI=1S/C11H21F3N2/c1-10(6-2-3-7-10)9(16-15)5-4-8-11(12,13)14/h9,16H,2-8,15H2,1H3. The van der Waals surface area contributed by atoms with E-state index in [1.165, 1.54) is 0 Å². The minimum atomic E-state index is -4.05. The number of alkyl halides is 3. The summed E-state index contributed by atoms with van der Waals surface area (Å²) < 4.78 is 36.1. The fraction of sp³-hybridized carbons (Fsp3) is 1.00. The lowest BCUT2D eigenvalue weighted by Gasteiger charge is -2.33. The fourth-order valence-corrected chi connectivity index (χ4v) is 2.67. The van der Waals surface area contributed by atoms with Crippen LogP contribution in [0.5, 0.6) is 0 Å². The molecule has 0 amide bonds. The number of hydrazine groups is 1. The molecule has 1 atom stereocenters. The van der Waals surface area contributed by atoms with Crippen molar-refractivity contribution < 1.29 is 13.2 Å². The van der Waals surface area contributed by atoms with Gasteiger partial charge in [-0.05, 0) is 31.1 Å². The van der Waals surface area contributed by atoms with E-state index < -0.39 is 12.6 Å². The van der Waals surface area contributed by atoms with Crippen LogP contribution in [0.1, 0.15) is 51.9 Å². The van der Waals surface area contributed by atoms with Crippen LogP contribution in [0.25, 0.3) is 0 Å². The zero-order valence-corrected chi connectivity index (χ0v) is 9.74. The van der Waals surface area contributed by atoms with E-state index >= 15 is 0 Å². The highest BCUT2D eigenvalue weighted by Gasteiger charge is 2.36. The van der Waals surface area contributed by atoms with Gasteiger partial charge in [-0.2, -0.15) is 13.2 Å². The summed E-state index contributed by atoms with van der Waals surface area (Å²) in [6.45, 7) is 2.12. The van der Waals surface area contributed by atoms with Crippen LogP contribution in [0.15, 0.2) is 0 Å². The van der Waals surface area contributed by atoms with Crippen LogP contribution in [0.3, 0.4) is 0 Å². The first-order valence-electron chi connectivity index (χ1n) is 5.90. The Morgan fingerprint density at radius 1 is 1.31 bits per heavy atom. The zero-order valence-electron chi connectivity index (χ0n) is 9.74. The summed E-state index contributed by atoms with van der Waals surface area (Å²) in [5.74, 6) is 5.46. The average molecular weight is 238 g/mol. The van der Waals surface area contributed by atoms with Gasteiger partial charge in [-0.3, -0.25) is 11.3 Å². The first-order chi connectivity index (χ1) is 7.37. The third-order valence-corrected chi connectivity index (χ3v) is 3.74. The minimum absolute atomic E-state index is 0.0114. The molecule has 1 aliphatic carbocycles. The van der Waals surface area contributed by atoms with Crippen LogP contribution in [-0.4, -0.2) is 12.2 Å². The first-order valence-corrected chi connectivity index (χ1v) is 5.90. The average Bonchev–Trinajstić information content (AvgIpc) is 2.59. The lowest BCUT2D eigenvalue weighted by atomic mass is 9.78. The van der Waals surface area contributed by atoms with Crippen LogP contribution in [-0.2, 0) is 0 Å². The Morgan fingerprint density at radius 3 is 2.31 bits per heavy atom. The highest BCUT2D eigenvalue weighted by atomic mass is 19.4. The van der Waals surface area contributed by atoms with Crippen molar-refractivity contribution in [1.82, 2.24) is 5.43 Å². The molecular weight excluding hydrogens is 217 g/mol. The molecule has 0 aromatic rings. The van der Waals surface area contributed by atoms with E-state index in [0.717, 1.165) is 25.7 Å². The molecule has 0 heterocycles. The molecule has 0 aromatic carbocycles. The third-order valence-electron chi connectivity index (χ3n) is 3.74. The molecule has 5 heteroatoms. The number of halogens is 3. The normalized spacial score (nSPS) is 22.3. The van der Waals surface area contributed by atoms with E-state index in [-0.39, 0.29) is 17.9 Å². The molecular formula is C11H21F3N2. The smallest absolute Gasteiger partial charge is 0.271 e. The highest BCUT2D eigenvalue weighted by molar-refractivity contribution is 4.90. The van der Waals surface area contributed by atoms with E-state index in [4.69, 9.17) is 5.84 Å². The lowest BCUT2D eigenvalue weighted by molar-refractivity contribution is -0.136. The maximum Gasteiger partial charge on any atom is 0.389 e. The Hall–Kier alpha value is -0.290. The quantitative estimate of drug-likeness (QED) is 0.570. The van der Waals surface area contributed by atoms with Gasteiger partial charge < -0.3 is 0 Å². The monoisotopic (exact) mass is 238 g/mol. The summed E-state index contributed by atoms with van der Waals surface area (Å²) in [4.78, 5) is 0. The minimum Gasteiger partial charge on any atom is -0.271 e. The maximum atomic E-state index is 12.0. The molecule has 2 nitrogen and oxygen atoms in total. The molecule has 3 N–H and O–H groups in total. The van der Waals surface area contributed by atoms with Gasteiger partial charge in [0.25, 0.3) is 0 Å². The van der Waals surface area contributed by atoms with Crippen molar-refractivity contribution in [3.8, 4) is 0 Å². The van der Waals surface area contributed by atoms with Crippen molar-refractivity contribution >= 4 is 0 Å². The number of hydrogen-bond acceptors (Lipinski definition) is 2. The van der Waals surface area contributed by atoms with E-state index in [1.54, 1.807) is 0 Å². The Bertz CT molecular complexity index is 210. The second-order valence-electron chi connectivity index (χ2n) is 5.09. The van der Waals surface area contributed by atoms with E-state index in [0.29, 0.717) is 6.42 Å². The molecule has 0 aromatic heterocycles. The molecule has 16 heavy (non-hydrogen) atoms. The molecule has 0 spiro atoms. The van der Waals surface area contributed by atoms with Crippen LogP contribution >= 0.6 is 0 Å². The predicted octanol–water partition coefficient (Wildman–Crippen LogP) is 3.13. The summed E-state index contributed by atoms with van der Waals surface area (Å²) in [7, 11) is 0. The van der Waals surface area contributed by atoms with Gasteiger partial charge in [0, 0.05) is 12.5 Å². The second-order valence-corrected chi connectivity index (χ2v) is 5.09. The first kappa shape index (κ1) is 13.8. The fourth-order valence-electron chi connectivity index (χ4n) is 2.67. The van der Waals surface area contributed by atoms with Gasteiger partial charge in [-0.15, -0.1) is 0 Å². The van der Waals surface area contributed by atoms with Crippen molar-refractivity contribution in [3.63, 3.8) is 0 Å². The van der Waals surface area contributed by atoms with Crippen molar-refractivity contribution in [3.05, 3.63) is 0 Å². The molecule has 1 unspecified atom stereocenters. The highest BCUT2D eigenvalue weighted by Crippen LogP contribution is 2.42. The summed E-state index contributed by atoms with van der Waals surface area (Å²) in [5.41, 5.74) is 2.79. The van der Waals surface area contributed by atoms with E-state index in [9.17, 15) is 13.2 Å². The van der Waals surface area contributed by atoms with Gasteiger partial charge >= 0.3 is 6.18 Å². The molecule has 96 valence electrons. The third kappa shape index (κ3) is 3.94. The largest absolute Gasteiger partial charge is 0.389 e. The molecule has 1 aliphatic rings. The summed E-state index contributed by atoms with van der Waals surface area (Å²) in [6.07, 6.45) is 0.362. The summed E-state index contributed by atoms with van der Waals surface area (Å²) in [5, 5.41) is 0. The van der Waals surface area contributed by atoms with E-state index in [1.807, 2.05) is 0 Å². The lowest BCUT2D eigenvalue weighted by Crippen LogP contribution is -2.46. The Kier molecular flexibility index (Phi) is 4.62. The topological polar surface area (TPSA) is 38.0 Å². The van der Waals surface area contributed by atoms with Crippen LogP contribution < -0.4 is 11.3 Å². The molecule has 0 saturated heterocycles. The van der Waals surface area contributed by atoms with E-state index in [2.05, 4.69) is 12.3 Å². The zero-order chi connectivity index (χ0) is 12.2. The van der Waals surface area contributed by atoms with Crippen LogP contribution in [0.2, 0.25) is 0 Å². The molecule has 1 fully saturated rings. The Labute approximate surface area is 94.7 Å². The maximum absolute atomic E-state index is 12.0. The Balaban J connectivity index is 2.37. The second kappa shape index (κ2) is 5.36. The Morgan fingerprint density at radius 2 is 1.88 bits per heavy atom. The molecule has 1 saturated carbocycles. The van der Waals surface area contributed by atoms with Crippen LogP contribution in [0, 0.1) is 5.41 Å². The molecule has 1 rings (SSSR count). The van der Waals surface area contributed by atoms with Crippen molar-refractivity contribution in [1.29, 1.82) is 0 Å². The number of rotatable bonds is 5. The van der Waals surface area contributed by atoms with Gasteiger partial charge in [0.1, 0.15) is 0 Å². The predicted molar refractivity (Wildman–Crippen MR) is 57.6 cm³/mol. The summed E-state index contributed by atoms with van der Waals surface area (Å²) >= 11 is 0. The number of nitrogens with one attached hydrogen (secondary N) is 1. The van der Waals surface area contributed by atoms with Crippen molar-refractivity contribution in [2.45, 2.75) is 64.1 Å². The number of hydrogen-bond donors (Lipinski definition) is 2. The van der Waals surface area contributed by atoms with Gasteiger partial charge in [0.2, 0.25) is 0 Å². The van der Waals surface area contributed by atoms with Gasteiger partial charge in [0.05, 0.1) is 0 Å². The van der Waals surface area contributed by atoms with Crippen molar-refractivity contribution in [2.75, 3.05) is 0 Å². The summed E-state index contributed by atoms with van der Waals surface area (Å²) in [6, 6.07) is 0.0114. The SMILES string of the molecule is CC1(C(CCCC(F)(F)F)NN)CCCC1. The molecule has 0 aliphatic heterocycles. The molecule has 0 radical (unpaired) electrons. The van der Waals surface area contributed by atoms with Crippen molar-refractivity contribution in [2.24, 2.45) is 11.3 Å². The van der Waals surface area contributed by atoms with Gasteiger partial charge in [-0.25, -0.2) is 0 Å². The molecule has 0 bridgehead atoms. The van der Waals surface area contributed by atoms with Gasteiger partial charge in [-0.1, -0.05) is 19.8 Å². The van der Waals surface area contributed by atoms with Crippen LogP contribution in [0.4, 0.5) is 13.2 Å². The van der Waals surface area contributed by atoms with Gasteiger partial charge in [0.15, 0.2) is 0 Å².